The molecule has 0 radical (unpaired) electrons. The largest absolute Gasteiger partial charge is 0.511 e. The number of ketones is 1. The average Bonchev–Trinajstić information content (AvgIpc) is 3.02. The van der Waals surface area contributed by atoms with Gasteiger partial charge >= 0.3 is 6.03 Å². The van der Waals surface area contributed by atoms with Gasteiger partial charge in [-0.1, -0.05) is 54.4 Å². The van der Waals surface area contributed by atoms with Crippen molar-refractivity contribution in [2.24, 2.45) is 5.92 Å². The van der Waals surface area contributed by atoms with E-state index in [9.17, 15) is 19.5 Å². The molecule has 1 heterocycles. The number of benzene rings is 2. The summed E-state index contributed by atoms with van der Waals surface area (Å²) in [5.41, 5.74) is 1.50. The molecule has 2 aliphatic rings. The fraction of sp³-hybridized carbons (Fsp3) is 0.370. The summed E-state index contributed by atoms with van der Waals surface area (Å²) in [5, 5.41) is 16.7. The summed E-state index contributed by atoms with van der Waals surface area (Å²) < 4.78 is 0. The molecule has 0 bridgehead atoms. The van der Waals surface area contributed by atoms with E-state index in [1.807, 2.05) is 30.3 Å². The lowest BCUT2D eigenvalue weighted by Gasteiger charge is -2.25. The Morgan fingerprint density at radius 3 is 2.51 bits per heavy atom. The van der Waals surface area contributed by atoms with Gasteiger partial charge in [-0.05, 0) is 55.9 Å². The van der Waals surface area contributed by atoms with E-state index in [-0.39, 0.29) is 35.0 Å². The Kier molecular flexibility index (Phi) is 8.08. The number of aliphatic hydroxyl groups is 1. The molecule has 1 saturated heterocycles. The Labute approximate surface area is 210 Å². The number of anilines is 1. The molecular formula is C27H30ClN3O4. The molecule has 184 valence electrons. The molecule has 1 unspecified atom stereocenters. The highest BCUT2D eigenvalue weighted by molar-refractivity contribution is 6.31. The SMILES string of the molecule is O=C(NCCCCC1C(=O)/C(=C(\O)C2CCC2)C(=O)N1Cc1ccccc1)Nc1cccc(Cl)c1. The molecule has 1 saturated carbocycles. The zero-order valence-electron chi connectivity index (χ0n) is 19.5. The number of unbranched alkanes of at least 4 members (excludes halogenated alkanes) is 1. The first-order chi connectivity index (χ1) is 16.9. The number of carbonyl (C=O) groups excluding carboxylic acids is 3. The Morgan fingerprint density at radius 1 is 1.06 bits per heavy atom. The fourth-order valence-electron chi connectivity index (χ4n) is 4.48. The van der Waals surface area contributed by atoms with Gasteiger partial charge in [-0.15, -0.1) is 0 Å². The number of carbonyl (C=O) groups is 3. The van der Waals surface area contributed by atoms with Crippen molar-refractivity contribution in [1.82, 2.24) is 10.2 Å². The van der Waals surface area contributed by atoms with E-state index in [1.54, 1.807) is 29.2 Å². The predicted molar refractivity (Wildman–Crippen MR) is 135 cm³/mol. The summed E-state index contributed by atoms with van der Waals surface area (Å²) in [6.07, 6.45) is 4.37. The number of urea groups is 1. The second-order valence-electron chi connectivity index (χ2n) is 9.07. The van der Waals surface area contributed by atoms with Crippen LogP contribution in [0.3, 0.4) is 0 Å². The first kappa shape index (κ1) is 24.8. The summed E-state index contributed by atoms with van der Waals surface area (Å²) >= 11 is 5.93. The van der Waals surface area contributed by atoms with Crippen molar-refractivity contribution in [1.29, 1.82) is 0 Å². The first-order valence-corrected chi connectivity index (χ1v) is 12.4. The van der Waals surface area contributed by atoms with E-state index in [0.717, 1.165) is 24.8 Å². The van der Waals surface area contributed by atoms with Gasteiger partial charge in [-0.25, -0.2) is 4.79 Å². The van der Waals surface area contributed by atoms with Crippen LogP contribution in [0.4, 0.5) is 10.5 Å². The topological polar surface area (TPSA) is 98.7 Å². The molecule has 1 aliphatic heterocycles. The van der Waals surface area contributed by atoms with Crippen LogP contribution in [-0.2, 0) is 16.1 Å². The van der Waals surface area contributed by atoms with Crippen LogP contribution in [0, 0.1) is 5.92 Å². The Balaban J connectivity index is 1.34. The molecule has 0 aromatic heterocycles. The maximum absolute atomic E-state index is 13.2. The van der Waals surface area contributed by atoms with E-state index in [4.69, 9.17) is 11.6 Å². The molecule has 1 atom stereocenters. The Morgan fingerprint density at radius 2 is 1.83 bits per heavy atom. The summed E-state index contributed by atoms with van der Waals surface area (Å²) in [5.74, 6) is -0.794. The lowest BCUT2D eigenvalue weighted by atomic mass is 9.82. The Hall–Kier alpha value is -3.32. The Bertz CT molecular complexity index is 1110. The van der Waals surface area contributed by atoms with Gasteiger partial charge in [0, 0.05) is 29.7 Å². The van der Waals surface area contributed by atoms with Crippen molar-refractivity contribution < 1.29 is 19.5 Å². The number of nitrogens with one attached hydrogen (secondary N) is 2. The highest BCUT2D eigenvalue weighted by atomic mass is 35.5. The number of amides is 3. The molecule has 2 fully saturated rings. The number of halogens is 1. The number of aliphatic hydroxyl groups excluding tert-OH is 1. The zero-order chi connectivity index (χ0) is 24.8. The van der Waals surface area contributed by atoms with Crippen LogP contribution in [0.15, 0.2) is 65.9 Å². The molecule has 2 aromatic carbocycles. The lowest BCUT2D eigenvalue weighted by molar-refractivity contribution is -0.128. The lowest BCUT2D eigenvalue weighted by Crippen LogP contribution is -2.35. The number of hydrogen-bond donors (Lipinski definition) is 3. The number of hydrogen-bond acceptors (Lipinski definition) is 4. The smallest absolute Gasteiger partial charge is 0.319 e. The minimum absolute atomic E-state index is 0.0327. The van der Waals surface area contributed by atoms with E-state index in [1.165, 1.54) is 0 Å². The summed E-state index contributed by atoms with van der Waals surface area (Å²) in [4.78, 5) is 40.1. The van der Waals surface area contributed by atoms with E-state index in [2.05, 4.69) is 10.6 Å². The van der Waals surface area contributed by atoms with Crippen LogP contribution in [0.1, 0.15) is 44.1 Å². The normalized spacial score (nSPS) is 19.5. The second kappa shape index (κ2) is 11.4. The van der Waals surface area contributed by atoms with Gasteiger partial charge in [0.1, 0.15) is 11.3 Å². The number of rotatable bonds is 9. The van der Waals surface area contributed by atoms with Crippen LogP contribution in [-0.4, -0.2) is 40.3 Å². The van der Waals surface area contributed by atoms with Gasteiger partial charge in [-0.3, -0.25) is 9.59 Å². The van der Waals surface area contributed by atoms with Crippen LogP contribution in [0.5, 0.6) is 0 Å². The predicted octanol–water partition coefficient (Wildman–Crippen LogP) is 5.22. The molecule has 3 amide bonds. The molecule has 3 N–H and O–H groups in total. The van der Waals surface area contributed by atoms with Crippen LogP contribution < -0.4 is 10.6 Å². The van der Waals surface area contributed by atoms with E-state index in [0.29, 0.717) is 43.1 Å². The van der Waals surface area contributed by atoms with Crippen molar-refractivity contribution in [3.05, 3.63) is 76.5 Å². The average molecular weight is 496 g/mol. The number of likely N-dealkylation sites (tertiary alicyclic amines) is 1. The van der Waals surface area contributed by atoms with Gasteiger partial charge in [0.2, 0.25) is 0 Å². The quantitative estimate of drug-likeness (QED) is 0.192. The number of Topliss-reactive ketones (excluding diaryl/α,β-unsaturated/α-hetero) is 1. The van der Waals surface area contributed by atoms with Gasteiger partial charge < -0.3 is 20.6 Å². The maximum Gasteiger partial charge on any atom is 0.319 e. The molecule has 35 heavy (non-hydrogen) atoms. The zero-order valence-corrected chi connectivity index (χ0v) is 20.3. The van der Waals surface area contributed by atoms with Gasteiger partial charge in [0.15, 0.2) is 5.78 Å². The standard InChI is InChI=1S/C27H30ClN3O4/c28-20-12-7-13-21(16-20)30-27(35)29-15-5-4-14-22-25(33)23(24(32)19-10-6-11-19)26(34)31(22)17-18-8-2-1-3-9-18/h1-3,7-9,12-13,16,19,22,32H,4-6,10-11,14-15,17H2,(H2,29,30,35)/b24-23+. The fourth-order valence-corrected chi connectivity index (χ4v) is 4.67. The molecule has 4 rings (SSSR count). The summed E-state index contributed by atoms with van der Waals surface area (Å²) in [6.45, 7) is 0.744. The minimum atomic E-state index is -0.611. The molecule has 2 aromatic rings. The monoisotopic (exact) mass is 495 g/mol. The van der Waals surface area contributed by atoms with Crippen LogP contribution in [0.25, 0.3) is 0 Å². The van der Waals surface area contributed by atoms with Gasteiger partial charge in [0.25, 0.3) is 5.91 Å². The van der Waals surface area contributed by atoms with Crippen molar-refractivity contribution >= 4 is 35.0 Å². The summed E-state index contributed by atoms with van der Waals surface area (Å²) in [6, 6.07) is 15.5. The highest BCUT2D eigenvalue weighted by Crippen LogP contribution is 2.37. The first-order valence-electron chi connectivity index (χ1n) is 12.1. The number of nitrogens with zero attached hydrogens (tertiary/aromatic N) is 1. The number of allylic oxidation sites excluding steroid dienone is 1. The third-order valence-electron chi connectivity index (χ3n) is 6.62. The molecule has 7 nitrogen and oxygen atoms in total. The van der Waals surface area contributed by atoms with Crippen molar-refractivity contribution in [2.45, 2.75) is 51.1 Å². The van der Waals surface area contributed by atoms with Crippen molar-refractivity contribution in [2.75, 3.05) is 11.9 Å². The third kappa shape index (κ3) is 6.03. The highest BCUT2D eigenvalue weighted by Gasteiger charge is 2.45. The molecule has 1 aliphatic carbocycles. The van der Waals surface area contributed by atoms with Crippen LogP contribution >= 0.6 is 11.6 Å². The van der Waals surface area contributed by atoms with Crippen molar-refractivity contribution in [3.8, 4) is 0 Å². The van der Waals surface area contributed by atoms with Gasteiger partial charge in [-0.2, -0.15) is 0 Å². The van der Waals surface area contributed by atoms with Crippen molar-refractivity contribution in [3.63, 3.8) is 0 Å². The second-order valence-corrected chi connectivity index (χ2v) is 9.51. The van der Waals surface area contributed by atoms with E-state index < -0.39 is 6.04 Å². The molecule has 0 spiro atoms. The maximum atomic E-state index is 13.2. The third-order valence-corrected chi connectivity index (χ3v) is 6.85. The molecular weight excluding hydrogens is 466 g/mol. The van der Waals surface area contributed by atoms with Gasteiger partial charge in [0.05, 0.1) is 6.04 Å². The van der Waals surface area contributed by atoms with E-state index >= 15 is 0 Å². The summed E-state index contributed by atoms with van der Waals surface area (Å²) in [7, 11) is 0. The van der Waals surface area contributed by atoms with Crippen LogP contribution in [0.2, 0.25) is 5.02 Å². The minimum Gasteiger partial charge on any atom is -0.511 e. The molecule has 8 heteroatoms.